The number of amides is 4. The van der Waals surface area contributed by atoms with Crippen LogP contribution in [0.15, 0.2) is 36.5 Å². The molecule has 3 saturated heterocycles. The van der Waals surface area contributed by atoms with Crippen molar-refractivity contribution >= 4 is 47.8 Å². The number of benzene rings is 1. The number of hydrogen-bond donors (Lipinski definition) is 3. The van der Waals surface area contributed by atoms with Crippen molar-refractivity contribution in [2.75, 3.05) is 43.0 Å². The van der Waals surface area contributed by atoms with Crippen molar-refractivity contribution < 1.29 is 37.1 Å². The second kappa shape index (κ2) is 16.6. The van der Waals surface area contributed by atoms with E-state index in [4.69, 9.17) is 17.4 Å². The van der Waals surface area contributed by atoms with E-state index in [0.717, 1.165) is 57.5 Å². The van der Waals surface area contributed by atoms with Gasteiger partial charge in [-0.1, -0.05) is 0 Å². The van der Waals surface area contributed by atoms with Gasteiger partial charge in [0.05, 0.1) is 47.4 Å². The highest BCUT2D eigenvalue weighted by Crippen LogP contribution is 2.43. The number of anilines is 2. The molecule has 13 nitrogen and oxygen atoms in total. The number of halogens is 3. The summed E-state index contributed by atoms with van der Waals surface area (Å²) >= 11 is 4.76. The molecule has 4 heterocycles. The standard InChI is InChI=1S/C40H51F3N8O5S/c1-24-21-48(22-25(2)49(24)23-34(53)46-32-18-27(13-15-45-32)39(5)14-12-33(52)47-35(39)54)16-17-56-30-10-8-28(9-11-30)51-37(57)50(36(55)38(51,3)4)29-7-6-26(20-44)31(19-29)40(41,42)43/h6-7,13,15,18-19,24-25,28,30,37,57H,8-12,14,16-17,21-23H2,1-5H3,(H,45,46,53)(H,47,52,54)/t24-,25+,28?,30?,37?,39-/m0/s1. The largest absolute Gasteiger partial charge is 0.417 e. The number of aromatic nitrogens is 1. The van der Waals surface area contributed by atoms with Crippen LogP contribution in [-0.2, 0) is 35.5 Å². The van der Waals surface area contributed by atoms with Crippen molar-refractivity contribution in [2.24, 2.45) is 0 Å². The van der Waals surface area contributed by atoms with Crippen molar-refractivity contribution in [3.63, 3.8) is 0 Å². The molecule has 3 aliphatic heterocycles. The highest BCUT2D eigenvalue weighted by Gasteiger charge is 2.54. The fourth-order valence-corrected chi connectivity index (χ4v) is 9.62. The highest BCUT2D eigenvalue weighted by molar-refractivity contribution is 7.81. The second-order valence-corrected chi connectivity index (χ2v) is 16.9. The van der Waals surface area contributed by atoms with Crippen LogP contribution in [0, 0.1) is 11.3 Å². The van der Waals surface area contributed by atoms with E-state index in [-0.39, 0.29) is 66.5 Å². The van der Waals surface area contributed by atoms with E-state index < -0.39 is 33.8 Å². The molecule has 1 aromatic carbocycles. The summed E-state index contributed by atoms with van der Waals surface area (Å²) in [5.41, 5.74) is -3.54. The van der Waals surface area contributed by atoms with Crippen molar-refractivity contribution in [2.45, 2.75) is 120 Å². The van der Waals surface area contributed by atoms with Gasteiger partial charge in [0.2, 0.25) is 23.6 Å². The lowest BCUT2D eigenvalue weighted by molar-refractivity contribution is -0.138. The van der Waals surface area contributed by atoms with Crippen LogP contribution >= 0.6 is 12.6 Å². The molecule has 1 saturated carbocycles. The van der Waals surface area contributed by atoms with Gasteiger partial charge in [-0.15, -0.1) is 12.6 Å². The molecule has 57 heavy (non-hydrogen) atoms. The number of rotatable bonds is 10. The number of carbonyl (C=O) groups excluding carboxylic acids is 4. The van der Waals surface area contributed by atoms with Crippen LogP contribution in [-0.4, -0.2) is 111 Å². The van der Waals surface area contributed by atoms with Gasteiger partial charge in [-0.05, 0) is 103 Å². The third-order valence-electron chi connectivity index (χ3n) is 12.1. The maximum Gasteiger partial charge on any atom is 0.417 e. The van der Waals surface area contributed by atoms with Crippen LogP contribution in [0.1, 0.15) is 89.8 Å². The predicted octanol–water partition coefficient (Wildman–Crippen LogP) is 4.67. The molecular weight excluding hydrogens is 762 g/mol. The molecule has 17 heteroatoms. The summed E-state index contributed by atoms with van der Waals surface area (Å²) in [5.74, 6) is -0.862. The van der Waals surface area contributed by atoms with Gasteiger partial charge in [0, 0.05) is 56.1 Å². The Bertz CT molecular complexity index is 1910. The average Bonchev–Trinajstić information content (AvgIpc) is 3.33. The molecule has 1 aliphatic carbocycles. The molecule has 2 aromatic rings. The predicted molar refractivity (Wildman–Crippen MR) is 209 cm³/mol. The number of nitriles is 1. The maximum absolute atomic E-state index is 13.7. The van der Waals surface area contributed by atoms with Gasteiger partial charge >= 0.3 is 6.18 Å². The maximum atomic E-state index is 13.7. The highest BCUT2D eigenvalue weighted by atomic mass is 32.1. The average molecular weight is 813 g/mol. The lowest BCUT2D eigenvalue weighted by atomic mass is 9.76. The second-order valence-electron chi connectivity index (χ2n) is 16.4. The van der Waals surface area contributed by atoms with Crippen LogP contribution in [0.25, 0.3) is 0 Å². The molecule has 4 aliphatic rings. The number of carbonyl (C=O) groups is 4. The van der Waals surface area contributed by atoms with Gasteiger partial charge in [0.25, 0.3) is 0 Å². The molecule has 4 amide bonds. The summed E-state index contributed by atoms with van der Waals surface area (Å²) in [7, 11) is 0. The minimum atomic E-state index is -4.75. The van der Waals surface area contributed by atoms with Crippen molar-refractivity contribution in [3.05, 3.63) is 53.2 Å². The van der Waals surface area contributed by atoms with Crippen LogP contribution in [0.5, 0.6) is 0 Å². The third-order valence-corrected chi connectivity index (χ3v) is 12.6. The Morgan fingerprint density at radius 2 is 1.75 bits per heavy atom. The zero-order valence-electron chi connectivity index (χ0n) is 32.9. The first-order valence-electron chi connectivity index (χ1n) is 19.5. The number of ether oxygens (including phenoxy) is 1. The molecule has 1 aromatic heterocycles. The van der Waals surface area contributed by atoms with Crippen LogP contribution in [0.2, 0.25) is 0 Å². The van der Waals surface area contributed by atoms with Crippen LogP contribution in [0.4, 0.5) is 24.7 Å². The summed E-state index contributed by atoms with van der Waals surface area (Å²) in [6.45, 7) is 12.5. The topological polar surface area (TPSA) is 151 Å². The lowest BCUT2D eigenvalue weighted by Crippen LogP contribution is -2.58. The Morgan fingerprint density at radius 3 is 2.39 bits per heavy atom. The first kappa shape index (κ1) is 42.5. The molecule has 4 atom stereocenters. The first-order valence-corrected chi connectivity index (χ1v) is 20.0. The van der Waals surface area contributed by atoms with Gasteiger partial charge in [-0.25, -0.2) is 4.98 Å². The van der Waals surface area contributed by atoms with Crippen LogP contribution < -0.4 is 15.5 Å². The fourth-order valence-electron chi connectivity index (χ4n) is 8.90. The molecule has 0 bridgehead atoms. The molecule has 6 rings (SSSR count). The summed E-state index contributed by atoms with van der Waals surface area (Å²) in [6, 6.07) is 8.50. The Morgan fingerprint density at radius 1 is 1.07 bits per heavy atom. The van der Waals surface area contributed by atoms with Gasteiger partial charge in [0.15, 0.2) is 0 Å². The van der Waals surface area contributed by atoms with E-state index in [1.807, 2.05) is 4.90 Å². The number of nitrogens with one attached hydrogen (secondary N) is 2. The monoisotopic (exact) mass is 812 g/mol. The van der Waals surface area contributed by atoms with Crippen molar-refractivity contribution in [1.29, 1.82) is 5.26 Å². The number of piperidine rings is 1. The SMILES string of the molecule is C[C@@H]1CN(CCOC2CCC(N3C(S)N(c4ccc(C#N)c(C(F)(F)F)c4)C(=O)C3(C)C)CC2)C[C@H](C)N1CC(=O)Nc1cc([C@]2(C)CCC(=O)NC2=O)ccn1. The molecule has 0 spiro atoms. The number of hydrogen-bond acceptors (Lipinski definition) is 11. The molecule has 1 unspecified atom stereocenters. The smallest absolute Gasteiger partial charge is 0.377 e. The number of imide groups is 1. The van der Waals surface area contributed by atoms with Crippen LogP contribution in [0.3, 0.4) is 0 Å². The Balaban J connectivity index is 0.958. The van der Waals surface area contributed by atoms with E-state index in [1.165, 1.54) is 11.0 Å². The van der Waals surface area contributed by atoms with Crippen molar-refractivity contribution in [1.82, 2.24) is 25.0 Å². The van der Waals surface area contributed by atoms with Crippen molar-refractivity contribution in [3.8, 4) is 6.07 Å². The Labute approximate surface area is 336 Å². The van der Waals surface area contributed by atoms with E-state index in [0.29, 0.717) is 24.4 Å². The number of thiol groups is 1. The van der Waals surface area contributed by atoms with E-state index in [9.17, 15) is 37.6 Å². The molecule has 4 fully saturated rings. The number of pyridine rings is 1. The molecule has 0 radical (unpaired) electrons. The zero-order valence-corrected chi connectivity index (χ0v) is 33.8. The number of piperazine rings is 1. The minimum absolute atomic E-state index is 0.0305. The van der Waals surface area contributed by atoms with E-state index >= 15 is 0 Å². The Kier molecular flexibility index (Phi) is 12.4. The molecule has 2 N–H and O–H groups in total. The van der Waals surface area contributed by atoms with Gasteiger partial charge in [-0.3, -0.25) is 44.1 Å². The lowest BCUT2D eigenvalue weighted by Gasteiger charge is -2.44. The zero-order chi connectivity index (χ0) is 41.4. The van der Waals surface area contributed by atoms with Gasteiger partial charge in [0.1, 0.15) is 11.3 Å². The Hall–Kier alpha value is -4.08. The first-order chi connectivity index (χ1) is 26.8. The summed E-state index contributed by atoms with van der Waals surface area (Å²) in [6.07, 6.45) is 0.460. The summed E-state index contributed by atoms with van der Waals surface area (Å²) in [5, 5.41) is 14.5. The van der Waals surface area contributed by atoms with Gasteiger partial charge < -0.3 is 10.1 Å². The normalized spacial score (nSPS) is 28.9. The fraction of sp³-hybridized carbons (Fsp3) is 0.600. The molecule has 308 valence electrons. The summed E-state index contributed by atoms with van der Waals surface area (Å²) < 4.78 is 47.6. The minimum Gasteiger partial charge on any atom is -0.377 e. The number of alkyl halides is 3. The van der Waals surface area contributed by atoms with E-state index in [2.05, 4.69) is 39.3 Å². The number of nitrogens with zero attached hydrogens (tertiary/aromatic N) is 6. The third kappa shape index (κ3) is 8.85. The molecular formula is C40H51F3N8O5S. The summed E-state index contributed by atoms with van der Waals surface area (Å²) in [4.78, 5) is 63.2. The van der Waals surface area contributed by atoms with Gasteiger partial charge in [-0.2, -0.15) is 18.4 Å². The van der Waals surface area contributed by atoms with E-state index in [1.54, 1.807) is 45.2 Å². The quantitative estimate of drug-likeness (QED) is 0.228.